The zero-order valence-corrected chi connectivity index (χ0v) is 13.7. The van der Waals surface area contributed by atoms with Crippen LogP contribution in [-0.4, -0.2) is 23.3 Å². The van der Waals surface area contributed by atoms with E-state index in [9.17, 15) is 0 Å². The zero-order valence-electron chi connectivity index (χ0n) is 13.7. The Balaban J connectivity index is 1.88. The third kappa shape index (κ3) is 5.74. The van der Waals surface area contributed by atoms with Crippen LogP contribution < -0.4 is 0 Å². The molecule has 2 rings (SSSR count). The van der Waals surface area contributed by atoms with Gasteiger partial charge in [0.05, 0.1) is 11.9 Å². The average Bonchev–Trinajstić information content (AvgIpc) is 2.46. The molecule has 2 heteroatoms. The third-order valence-corrected chi connectivity index (χ3v) is 3.68. The number of aryl methyl sites for hydroxylation is 1. The fraction of sp³-hybridized carbons (Fsp3) is 0.526. The van der Waals surface area contributed by atoms with E-state index in [1.807, 2.05) is 6.34 Å². The summed E-state index contributed by atoms with van der Waals surface area (Å²) in [5.41, 5.74) is 2.89. The molecule has 0 saturated carbocycles. The van der Waals surface area contributed by atoms with Gasteiger partial charge in [-0.2, -0.15) is 0 Å². The summed E-state index contributed by atoms with van der Waals surface area (Å²) in [6.45, 7) is 7.54. The molecule has 1 heterocycles. The standard InChI is InChI=1S/C19H28N2/c1-19(2,3)20-16-21-15-8-7-13-18(21)14-9-12-17-10-5-4-6-11-17/h4-6,10-11,13,16H,7-9,12,14-15H2,1-3H3. The Morgan fingerprint density at radius 1 is 1.14 bits per heavy atom. The Bertz CT molecular complexity index is 480. The molecule has 0 spiro atoms. The van der Waals surface area contributed by atoms with Gasteiger partial charge in [-0.1, -0.05) is 36.4 Å². The molecular formula is C19H28N2. The van der Waals surface area contributed by atoms with Crippen LogP contribution in [0.1, 0.15) is 52.0 Å². The second kappa shape index (κ2) is 7.44. The molecular weight excluding hydrogens is 256 g/mol. The van der Waals surface area contributed by atoms with Crippen LogP contribution in [0.25, 0.3) is 0 Å². The third-order valence-electron chi connectivity index (χ3n) is 3.68. The predicted octanol–water partition coefficient (Wildman–Crippen LogP) is 4.82. The van der Waals surface area contributed by atoms with E-state index in [4.69, 9.17) is 0 Å². The second-order valence-electron chi connectivity index (χ2n) is 6.79. The Kier molecular flexibility index (Phi) is 5.60. The molecule has 2 nitrogen and oxygen atoms in total. The molecule has 114 valence electrons. The van der Waals surface area contributed by atoms with Gasteiger partial charge < -0.3 is 4.90 Å². The molecule has 0 unspecified atom stereocenters. The largest absolute Gasteiger partial charge is 0.337 e. The summed E-state index contributed by atoms with van der Waals surface area (Å²) in [5, 5.41) is 0. The minimum absolute atomic E-state index is 0.00654. The van der Waals surface area contributed by atoms with E-state index in [1.165, 1.54) is 30.5 Å². The molecule has 0 N–H and O–H groups in total. The predicted molar refractivity (Wildman–Crippen MR) is 91.6 cm³/mol. The smallest absolute Gasteiger partial charge is 0.0898 e. The van der Waals surface area contributed by atoms with E-state index in [0.717, 1.165) is 19.4 Å². The lowest BCUT2D eigenvalue weighted by molar-refractivity contribution is 0.447. The summed E-state index contributed by atoms with van der Waals surface area (Å²) >= 11 is 0. The lowest BCUT2D eigenvalue weighted by Gasteiger charge is -2.28. The van der Waals surface area contributed by atoms with Crippen molar-refractivity contribution in [2.75, 3.05) is 6.54 Å². The van der Waals surface area contributed by atoms with Gasteiger partial charge in [0, 0.05) is 12.2 Å². The fourth-order valence-electron chi connectivity index (χ4n) is 2.53. The fourth-order valence-corrected chi connectivity index (χ4v) is 2.53. The lowest BCUT2D eigenvalue weighted by Crippen LogP contribution is -2.27. The first-order valence-corrected chi connectivity index (χ1v) is 8.09. The van der Waals surface area contributed by atoms with Gasteiger partial charge in [-0.15, -0.1) is 0 Å². The van der Waals surface area contributed by atoms with Crippen molar-refractivity contribution in [3.63, 3.8) is 0 Å². The number of rotatable bonds is 5. The van der Waals surface area contributed by atoms with Crippen molar-refractivity contribution in [2.24, 2.45) is 4.99 Å². The van der Waals surface area contributed by atoms with Crippen molar-refractivity contribution in [2.45, 2.75) is 58.4 Å². The summed E-state index contributed by atoms with van der Waals surface area (Å²) in [6.07, 6.45) is 10.4. The summed E-state index contributed by atoms with van der Waals surface area (Å²) in [4.78, 5) is 7.00. The molecule has 1 aromatic carbocycles. The number of benzene rings is 1. The quantitative estimate of drug-likeness (QED) is 0.559. The number of hydrogen-bond acceptors (Lipinski definition) is 1. The van der Waals surface area contributed by atoms with Gasteiger partial charge >= 0.3 is 0 Å². The second-order valence-corrected chi connectivity index (χ2v) is 6.79. The highest BCUT2D eigenvalue weighted by atomic mass is 15.2. The Morgan fingerprint density at radius 3 is 2.62 bits per heavy atom. The van der Waals surface area contributed by atoms with E-state index >= 15 is 0 Å². The Hall–Kier alpha value is -1.57. The van der Waals surface area contributed by atoms with Crippen LogP contribution >= 0.6 is 0 Å². The summed E-state index contributed by atoms with van der Waals surface area (Å²) < 4.78 is 0. The molecule has 1 aliphatic heterocycles. The number of hydrogen-bond donors (Lipinski definition) is 0. The molecule has 0 fully saturated rings. The molecule has 0 amide bonds. The number of aliphatic imine (C=N–C) groups is 1. The van der Waals surface area contributed by atoms with Crippen molar-refractivity contribution >= 4 is 6.34 Å². The van der Waals surface area contributed by atoms with Gasteiger partial charge in [0.2, 0.25) is 0 Å². The van der Waals surface area contributed by atoms with Crippen LogP contribution in [-0.2, 0) is 6.42 Å². The highest BCUT2D eigenvalue weighted by Gasteiger charge is 2.13. The van der Waals surface area contributed by atoms with E-state index in [1.54, 1.807) is 0 Å². The monoisotopic (exact) mass is 284 g/mol. The van der Waals surface area contributed by atoms with Gasteiger partial charge in [0.25, 0.3) is 0 Å². The van der Waals surface area contributed by atoms with Crippen LogP contribution in [0.5, 0.6) is 0 Å². The summed E-state index contributed by atoms with van der Waals surface area (Å²) in [6, 6.07) is 10.8. The Labute approximate surface area is 129 Å². The Morgan fingerprint density at radius 2 is 1.90 bits per heavy atom. The van der Waals surface area contributed by atoms with E-state index < -0.39 is 0 Å². The van der Waals surface area contributed by atoms with Gasteiger partial charge in [-0.05, 0) is 58.4 Å². The molecule has 0 bridgehead atoms. The molecule has 0 saturated heterocycles. The van der Waals surface area contributed by atoms with Crippen molar-refractivity contribution in [3.05, 3.63) is 47.7 Å². The average molecular weight is 284 g/mol. The maximum absolute atomic E-state index is 4.66. The van der Waals surface area contributed by atoms with Gasteiger partial charge in [0.15, 0.2) is 0 Å². The maximum atomic E-state index is 4.66. The lowest BCUT2D eigenvalue weighted by atomic mass is 10.0. The first kappa shape index (κ1) is 15.8. The summed E-state index contributed by atoms with van der Waals surface area (Å²) in [7, 11) is 0. The SMILES string of the molecule is CC(C)(C)N=CN1CCCC=C1CCCc1ccccc1. The maximum Gasteiger partial charge on any atom is 0.0898 e. The highest BCUT2D eigenvalue weighted by Crippen LogP contribution is 2.20. The van der Waals surface area contributed by atoms with Crippen LogP contribution in [0.3, 0.4) is 0 Å². The normalized spacial score (nSPS) is 16.3. The first-order chi connectivity index (χ1) is 10.0. The van der Waals surface area contributed by atoms with Crippen LogP contribution in [0.2, 0.25) is 0 Å². The molecule has 1 aliphatic rings. The van der Waals surface area contributed by atoms with E-state index in [0.29, 0.717) is 0 Å². The number of allylic oxidation sites excluding steroid dienone is 2. The molecule has 0 aromatic heterocycles. The molecule has 0 radical (unpaired) electrons. The van der Waals surface area contributed by atoms with Crippen molar-refractivity contribution in [1.29, 1.82) is 0 Å². The highest BCUT2D eigenvalue weighted by molar-refractivity contribution is 5.59. The minimum atomic E-state index is 0.00654. The van der Waals surface area contributed by atoms with Crippen molar-refractivity contribution in [1.82, 2.24) is 4.90 Å². The van der Waals surface area contributed by atoms with E-state index in [2.05, 4.69) is 67.1 Å². The molecule has 0 aliphatic carbocycles. The topological polar surface area (TPSA) is 15.6 Å². The zero-order chi connectivity index (χ0) is 15.1. The molecule has 21 heavy (non-hydrogen) atoms. The van der Waals surface area contributed by atoms with Crippen LogP contribution in [0, 0.1) is 0 Å². The van der Waals surface area contributed by atoms with Gasteiger partial charge in [0.1, 0.15) is 0 Å². The first-order valence-electron chi connectivity index (χ1n) is 8.09. The minimum Gasteiger partial charge on any atom is -0.337 e. The van der Waals surface area contributed by atoms with Gasteiger partial charge in [-0.25, -0.2) is 0 Å². The van der Waals surface area contributed by atoms with E-state index in [-0.39, 0.29) is 5.54 Å². The summed E-state index contributed by atoms with van der Waals surface area (Å²) in [5.74, 6) is 0. The van der Waals surface area contributed by atoms with Crippen LogP contribution in [0.4, 0.5) is 0 Å². The van der Waals surface area contributed by atoms with Crippen molar-refractivity contribution in [3.8, 4) is 0 Å². The molecule has 1 aromatic rings. The number of nitrogens with zero attached hydrogens (tertiary/aromatic N) is 2. The molecule has 0 atom stereocenters. The van der Waals surface area contributed by atoms with Crippen LogP contribution in [0.15, 0.2) is 47.1 Å². The van der Waals surface area contributed by atoms with Gasteiger partial charge in [-0.3, -0.25) is 4.99 Å². The van der Waals surface area contributed by atoms with Crippen molar-refractivity contribution < 1.29 is 0 Å².